The molecule has 1 fully saturated rings. The van der Waals surface area contributed by atoms with Gasteiger partial charge in [0.25, 0.3) is 0 Å². The van der Waals surface area contributed by atoms with E-state index in [0.29, 0.717) is 5.92 Å². The molecule has 0 bridgehead atoms. The zero-order valence-corrected chi connectivity index (χ0v) is 10.5. The van der Waals surface area contributed by atoms with Crippen LogP contribution < -0.4 is 10.6 Å². The van der Waals surface area contributed by atoms with E-state index < -0.39 is 0 Å². The highest BCUT2D eigenvalue weighted by Crippen LogP contribution is 2.29. The van der Waals surface area contributed by atoms with Crippen LogP contribution in [-0.4, -0.2) is 29.2 Å². The summed E-state index contributed by atoms with van der Waals surface area (Å²) in [6.45, 7) is 2.98. The first-order chi connectivity index (χ1) is 8.38. The smallest absolute Gasteiger partial charge is 0.129 e. The Bertz CT molecular complexity index is 502. The van der Waals surface area contributed by atoms with Crippen molar-refractivity contribution in [3.8, 4) is 0 Å². The SMILES string of the molecule is NCC1CCN(c2cccc3snnc23)CC1. The number of aromatic nitrogens is 2. The molecular weight excluding hydrogens is 232 g/mol. The largest absolute Gasteiger partial charge is 0.370 e. The normalized spacial score (nSPS) is 17.8. The first-order valence-electron chi connectivity index (χ1n) is 6.04. The van der Waals surface area contributed by atoms with Gasteiger partial charge in [0.2, 0.25) is 0 Å². The highest BCUT2D eigenvalue weighted by molar-refractivity contribution is 7.13. The molecule has 0 radical (unpaired) electrons. The molecule has 2 aromatic rings. The van der Waals surface area contributed by atoms with Gasteiger partial charge in [-0.2, -0.15) is 0 Å². The fourth-order valence-electron chi connectivity index (χ4n) is 2.45. The highest BCUT2D eigenvalue weighted by Gasteiger charge is 2.20. The number of rotatable bonds is 2. The van der Waals surface area contributed by atoms with Gasteiger partial charge in [-0.05, 0) is 49.0 Å². The maximum atomic E-state index is 5.72. The number of benzene rings is 1. The van der Waals surface area contributed by atoms with Gasteiger partial charge in [0.15, 0.2) is 0 Å². The molecule has 1 aliphatic heterocycles. The lowest BCUT2D eigenvalue weighted by Gasteiger charge is -2.33. The average Bonchev–Trinajstić information content (AvgIpc) is 2.87. The van der Waals surface area contributed by atoms with Crippen molar-refractivity contribution < 1.29 is 0 Å². The molecule has 5 heteroatoms. The zero-order valence-electron chi connectivity index (χ0n) is 9.67. The Labute approximate surface area is 105 Å². The number of hydrogen-bond donors (Lipinski definition) is 1. The van der Waals surface area contributed by atoms with E-state index in [1.54, 1.807) is 0 Å². The Morgan fingerprint density at radius 1 is 1.35 bits per heavy atom. The summed E-state index contributed by atoms with van der Waals surface area (Å²) >= 11 is 1.46. The summed E-state index contributed by atoms with van der Waals surface area (Å²) in [5.41, 5.74) is 8.00. The third kappa shape index (κ3) is 2.00. The average molecular weight is 248 g/mol. The lowest BCUT2D eigenvalue weighted by Crippen LogP contribution is -2.36. The van der Waals surface area contributed by atoms with Crippen molar-refractivity contribution in [1.29, 1.82) is 0 Å². The number of nitrogens with zero attached hydrogens (tertiary/aromatic N) is 3. The van der Waals surface area contributed by atoms with Crippen molar-refractivity contribution in [2.45, 2.75) is 12.8 Å². The summed E-state index contributed by atoms with van der Waals surface area (Å²) < 4.78 is 5.20. The van der Waals surface area contributed by atoms with Crippen LogP contribution in [-0.2, 0) is 0 Å². The number of fused-ring (bicyclic) bond motifs is 1. The summed E-state index contributed by atoms with van der Waals surface area (Å²) in [5, 5.41) is 4.24. The van der Waals surface area contributed by atoms with Crippen molar-refractivity contribution in [3.05, 3.63) is 18.2 Å². The molecule has 90 valence electrons. The predicted octanol–water partition coefficient (Wildman–Crippen LogP) is 1.87. The second-order valence-electron chi connectivity index (χ2n) is 4.56. The Kier molecular flexibility index (Phi) is 2.94. The van der Waals surface area contributed by atoms with Crippen LogP contribution in [0.3, 0.4) is 0 Å². The molecule has 2 heterocycles. The Hall–Kier alpha value is -1.20. The van der Waals surface area contributed by atoms with E-state index in [-0.39, 0.29) is 0 Å². The van der Waals surface area contributed by atoms with Gasteiger partial charge in [-0.25, -0.2) is 0 Å². The van der Waals surface area contributed by atoms with Crippen molar-refractivity contribution in [1.82, 2.24) is 9.59 Å². The van der Waals surface area contributed by atoms with Crippen LogP contribution in [0.5, 0.6) is 0 Å². The lowest BCUT2D eigenvalue weighted by atomic mass is 9.96. The second kappa shape index (κ2) is 4.58. The van der Waals surface area contributed by atoms with Crippen LogP contribution in [0.2, 0.25) is 0 Å². The predicted molar refractivity (Wildman–Crippen MR) is 71.4 cm³/mol. The van der Waals surface area contributed by atoms with E-state index in [2.05, 4.69) is 32.7 Å². The van der Waals surface area contributed by atoms with Gasteiger partial charge in [0.1, 0.15) is 5.52 Å². The van der Waals surface area contributed by atoms with Crippen molar-refractivity contribution in [2.75, 3.05) is 24.5 Å². The molecule has 0 spiro atoms. The molecule has 1 aromatic carbocycles. The molecular formula is C12H16N4S. The minimum Gasteiger partial charge on any atom is -0.370 e. The highest BCUT2D eigenvalue weighted by atomic mass is 32.1. The van der Waals surface area contributed by atoms with E-state index >= 15 is 0 Å². The fraction of sp³-hybridized carbons (Fsp3) is 0.500. The van der Waals surface area contributed by atoms with Crippen molar-refractivity contribution in [3.63, 3.8) is 0 Å². The Balaban J connectivity index is 1.87. The number of piperidine rings is 1. The molecule has 0 atom stereocenters. The van der Waals surface area contributed by atoms with Crippen LogP contribution in [0.15, 0.2) is 18.2 Å². The molecule has 1 aromatic heterocycles. The Morgan fingerprint density at radius 3 is 2.94 bits per heavy atom. The standard InChI is InChI=1S/C12H16N4S/c13-8-9-4-6-16(7-5-9)10-2-1-3-11-12(10)14-15-17-11/h1-3,9H,4-8,13H2. The van der Waals surface area contributed by atoms with Crippen LogP contribution in [0, 0.1) is 5.92 Å². The van der Waals surface area contributed by atoms with Crippen molar-refractivity contribution in [2.24, 2.45) is 11.7 Å². The maximum Gasteiger partial charge on any atom is 0.129 e. The number of nitrogens with two attached hydrogens (primary N) is 1. The van der Waals surface area contributed by atoms with E-state index in [1.807, 2.05) is 0 Å². The molecule has 0 amide bonds. The first kappa shape index (κ1) is 10.9. The molecule has 1 aliphatic rings. The van der Waals surface area contributed by atoms with Crippen LogP contribution in [0.25, 0.3) is 10.2 Å². The third-order valence-electron chi connectivity index (χ3n) is 3.55. The molecule has 0 unspecified atom stereocenters. The monoisotopic (exact) mass is 248 g/mol. The molecule has 0 saturated carbocycles. The summed E-state index contributed by atoms with van der Waals surface area (Å²) in [6.07, 6.45) is 2.37. The van der Waals surface area contributed by atoms with Gasteiger partial charge in [-0.15, -0.1) is 5.10 Å². The minimum atomic E-state index is 0.694. The van der Waals surface area contributed by atoms with E-state index in [1.165, 1.54) is 34.8 Å². The van der Waals surface area contributed by atoms with Gasteiger partial charge >= 0.3 is 0 Å². The minimum absolute atomic E-state index is 0.694. The van der Waals surface area contributed by atoms with Gasteiger partial charge in [0, 0.05) is 13.1 Å². The van der Waals surface area contributed by atoms with Gasteiger partial charge in [-0.1, -0.05) is 10.6 Å². The quantitative estimate of drug-likeness (QED) is 0.881. The van der Waals surface area contributed by atoms with Gasteiger partial charge in [0.05, 0.1) is 10.4 Å². The number of anilines is 1. The molecule has 17 heavy (non-hydrogen) atoms. The molecule has 0 aliphatic carbocycles. The first-order valence-corrected chi connectivity index (χ1v) is 6.82. The molecule has 2 N–H and O–H groups in total. The van der Waals surface area contributed by atoms with Crippen molar-refractivity contribution >= 4 is 27.4 Å². The summed E-state index contributed by atoms with van der Waals surface area (Å²) in [5.74, 6) is 0.694. The van der Waals surface area contributed by atoms with Crippen LogP contribution in [0.1, 0.15) is 12.8 Å². The van der Waals surface area contributed by atoms with Gasteiger partial charge in [-0.3, -0.25) is 0 Å². The molecule has 4 nitrogen and oxygen atoms in total. The summed E-state index contributed by atoms with van der Waals surface area (Å²) in [4.78, 5) is 2.41. The summed E-state index contributed by atoms with van der Waals surface area (Å²) in [6, 6.07) is 6.31. The second-order valence-corrected chi connectivity index (χ2v) is 5.35. The number of hydrogen-bond acceptors (Lipinski definition) is 5. The maximum absolute atomic E-state index is 5.72. The van der Waals surface area contributed by atoms with E-state index in [0.717, 1.165) is 25.2 Å². The molecule has 1 saturated heterocycles. The summed E-state index contributed by atoms with van der Waals surface area (Å²) in [7, 11) is 0. The van der Waals surface area contributed by atoms with Crippen LogP contribution in [0.4, 0.5) is 5.69 Å². The van der Waals surface area contributed by atoms with E-state index in [9.17, 15) is 0 Å². The van der Waals surface area contributed by atoms with Crippen LogP contribution >= 0.6 is 11.5 Å². The van der Waals surface area contributed by atoms with Gasteiger partial charge < -0.3 is 10.6 Å². The Morgan fingerprint density at radius 2 is 2.18 bits per heavy atom. The lowest BCUT2D eigenvalue weighted by molar-refractivity contribution is 0.415. The topological polar surface area (TPSA) is 55.0 Å². The zero-order chi connectivity index (χ0) is 11.7. The third-order valence-corrected chi connectivity index (χ3v) is 4.24. The van der Waals surface area contributed by atoms with E-state index in [4.69, 9.17) is 5.73 Å². The fourth-order valence-corrected chi connectivity index (χ4v) is 3.04. The molecule has 3 rings (SSSR count).